The van der Waals surface area contributed by atoms with Crippen LogP contribution in [-0.2, 0) is 28.6 Å². The van der Waals surface area contributed by atoms with Crippen LogP contribution in [0, 0.1) is 5.92 Å². The molecule has 2 atom stereocenters. The number of hydrogen-bond donors (Lipinski definition) is 0. The lowest BCUT2D eigenvalue weighted by atomic mass is 9.99. The van der Waals surface area contributed by atoms with Gasteiger partial charge in [-0.1, -0.05) is 240 Å². The highest BCUT2D eigenvalue weighted by Gasteiger charge is 2.19. The van der Waals surface area contributed by atoms with Crippen LogP contribution in [0.1, 0.15) is 278 Å². The SMILES string of the molecule is CCCCCCCCCCCCCCCCCCCC(=O)OC[C@@H](COC(=O)CCCCCCCCCCC(C)CC)OC(=O)CCCCCCCCCCC. The molecule has 0 amide bonds. The highest BCUT2D eigenvalue weighted by Crippen LogP contribution is 2.17. The van der Waals surface area contributed by atoms with E-state index in [1.807, 2.05) is 0 Å². The van der Waals surface area contributed by atoms with Gasteiger partial charge in [-0.3, -0.25) is 14.4 Å². The van der Waals surface area contributed by atoms with E-state index < -0.39 is 6.10 Å². The van der Waals surface area contributed by atoms with Gasteiger partial charge in [-0.05, 0) is 25.2 Å². The summed E-state index contributed by atoms with van der Waals surface area (Å²) in [6.07, 6.45) is 45.1. The van der Waals surface area contributed by atoms with E-state index >= 15 is 0 Å². The standard InChI is InChI=1S/C50H96O6/c1-5-8-10-12-14-16-17-18-19-20-21-22-23-25-29-33-37-41-48(51)54-44-47(56-50(53)43-39-35-31-24-15-13-11-9-6-2)45-55-49(52)42-38-34-30-27-26-28-32-36-40-46(4)7-3/h46-47H,5-45H2,1-4H3/t46?,47-/m0/s1. The fourth-order valence-corrected chi connectivity index (χ4v) is 7.48. The molecule has 56 heavy (non-hydrogen) atoms. The molecule has 0 aromatic carbocycles. The Hall–Kier alpha value is -1.59. The Morgan fingerprint density at radius 1 is 0.357 bits per heavy atom. The van der Waals surface area contributed by atoms with E-state index in [0.717, 1.165) is 63.7 Å². The molecule has 0 aliphatic heterocycles. The molecule has 0 spiro atoms. The second kappa shape index (κ2) is 44.5. The summed E-state index contributed by atoms with van der Waals surface area (Å²) in [6.45, 7) is 9.00. The van der Waals surface area contributed by atoms with Crippen molar-refractivity contribution in [3.63, 3.8) is 0 Å². The monoisotopic (exact) mass is 793 g/mol. The van der Waals surface area contributed by atoms with Crippen molar-refractivity contribution in [2.45, 2.75) is 284 Å². The Labute approximate surface area is 348 Å². The van der Waals surface area contributed by atoms with Gasteiger partial charge in [0.15, 0.2) is 6.10 Å². The highest BCUT2D eigenvalue weighted by molar-refractivity contribution is 5.71. The summed E-state index contributed by atoms with van der Waals surface area (Å²) >= 11 is 0. The van der Waals surface area contributed by atoms with E-state index in [1.54, 1.807) is 0 Å². The molecule has 332 valence electrons. The largest absolute Gasteiger partial charge is 0.462 e. The first kappa shape index (κ1) is 54.4. The van der Waals surface area contributed by atoms with Crippen LogP contribution in [0.25, 0.3) is 0 Å². The molecule has 0 N–H and O–H groups in total. The van der Waals surface area contributed by atoms with Crippen LogP contribution in [0.15, 0.2) is 0 Å². The number of hydrogen-bond acceptors (Lipinski definition) is 6. The van der Waals surface area contributed by atoms with Crippen molar-refractivity contribution >= 4 is 17.9 Å². The molecule has 0 aliphatic rings. The smallest absolute Gasteiger partial charge is 0.306 e. The fraction of sp³-hybridized carbons (Fsp3) is 0.940. The Bertz CT molecular complexity index is 843. The van der Waals surface area contributed by atoms with Gasteiger partial charge in [0.1, 0.15) is 13.2 Å². The molecule has 0 aromatic heterocycles. The van der Waals surface area contributed by atoms with Gasteiger partial charge in [-0.15, -0.1) is 0 Å². The van der Waals surface area contributed by atoms with Crippen molar-refractivity contribution in [2.24, 2.45) is 5.92 Å². The van der Waals surface area contributed by atoms with Gasteiger partial charge in [0.25, 0.3) is 0 Å². The zero-order valence-electron chi connectivity index (χ0n) is 38.1. The van der Waals surface area contributed by atoms with Gasteiger partial charge in [0, 0.05) is 19.3 Å². The highest BCUT2D eigenvalue weighted by atomic mass is 16.6. The summed E-state index contributed by atoms with van der Waals surface area (Å²) in [6, 6.07) is 0. The summed E-state index contributed by atoms with van der Waals surface area (Å²) < 4.78 is 16.7. The van der Waals surface area contributed by atoms with Crippen molar-refractivity contribution in [3.8, 4) is 0 Å². The lowest BCUT2D eigenvalue weighted by Gasteiger charge is -2.18. The van der Waals surface area contributed by atoms with Gasteiger partial charge in [0.2, 0.25) is 0 Å². The molecule has 0 saturated carbocycles. The quantitative estimate of drug-likeness (QED) is 0.0347. The van der Waals surface area contributed by atoms with Crippen LogP contribution in [-0.4, -0.2) is 37.2 Å². The predicted molar refractivity (Wildman–Crippen MR) is 238 cm³/mol. The number of esters is 3. The van der Waals surface area contributed by atoms with Crippen LogP contribution in [0.3, 0.4) is 0 Å². The van der Waals surface area contributed by atoms with E-state index in [1.165, 1.54) is 173 Å². The molecule has 0 fully saturated rings. The minimum absolute atomic E-state index is 0.0636. The molecule has 6 heteroatoms. The van der Waals surface area contributed by atoms with Crippen LogP contribution < -0.4 is 0 Å². The number of ether oxygens (including phenoxy) is 3. The van der Waals surface area contributed by atoms with Gasteiger partial charge in [0.05, 0.1) is 0 Å². The molecular formula is C50H96O6. The molecule has 6 nitrogen and oxygen atoms in total. The van der Waals surface area contributed by atoms with Gasteiger partial charge in [-0.25, -0.2) is 0 Å². The molecule has 0 radical (unpaired) electrons. The maximum Gasteiger partial charge on any atom is 0.306 e. The molecule has 0 saturated heterocycles. The topological polar surface area (TPSA) is 78.9 Å². The third kappa shape index (κ3) is 42.0. The van der Waals surface area contributed by atoms with Crippen molar-refractivity contribution < 1.29 is 28.6 Å². The van der Waals surface area contributed by atoms with E-state index in [0.29, 0.717) is 19.3 Å². The van der Waals surface area contributed by atoms with E-state index in [9.17, 15) is 14.4 Å². The number of rotatable bonds is 45. The molecule has 0 rings (SSSR count). The zero-order chi connectivity index (χ0) is 41.0. The van der Waals surface area contributed by atoms with Crippen molar-refractivity contribution in [3.05, 3.63) is 0 Å². The summed E-state index contributed by atoms with van der Waals surface area (Å²) in [5, 5.41) is 0. The molecular weight excluding hydrogens is 697 g/mol. The van der Waals surface area contributed by atoms with Crippen molar-refractivity contribution in [1.29, 1.82) is 0 Å². The predicted octanol–water partition coefficient (Wildman–Crippen LogP) is 15.9. The Balaban J connectivity index is 4.24. The lowest BCUT2D eigenvalue weighted by Crippen LogP contribution is -2.30. The van der Waals surface area contributed by atoms with E-state index in [4.69, 9.17) is 14.2 Å². The molecule has 0 heterocycles. The van der Waals surface area contributed by atoms with Gasteiger partial charge < -0.3 is 14.2 Å². The Kier molecular flexibility index (Phi) is 43.2. The second-order valence-electron chi connectivity index (χ2n) is 17.3. The van der Waals surface area contributed by atoms with Gasteiger partial charge >= 0.3 is 17.9 Å². The minimum atomic E-state index is -0.759. The summed E-state index contributed by atoms with van der Waals surface area (Å²) in [7, 11) is 0. The third-order valence-electron chi connectivity index (χ3n) is 11.7. The second-order valence-corrected chi connectivity index (χ2v) is 17.3. The lowest BCUT2D eigenvalue weighted by molar-refractivity contribution is -0.167. The summed E-state index contributed by atoms with van der Waals surface area (Å²) in [5.41, 5.74) is 0. The summed E-state index contributed by atoms with van der Waals surface area (Å²) in [5.74, 6) is -0.00399. The first-order valence-corrected chi connectivity index (χ1v) is 24.9. The maximum atomic E-state index is 12.7. The number of carbonyl (C=O) groups is 3. The maximum absolute atomic E-state index is 12.7. The Morgan fingerprint density at radius 2 is 0.625 bits per heavy atom. The molecule has 1 unspecified atom stereocenters. The van der Waals surface area contributed by atoms with Gasteiger partial charge in [-0.2, -0.15) is 0 Å². The van der Waals surface area contributed by atoms with Crippen LogP contribution >= 0.6 is 0 Å². The van der Waals surface area contributed by atoms with Crippen molar-refractivity contribution in [1.82, 2.24) is 0 Å². The summed E-state index contributed by atoms with van der Waals surface area (Å²) in [4.78, 5) is 37.8. The van der Waals surface area contributed by atoms with E-state index in [-0.39, 0.29) is 31.1 Å². The van der Waals surface area contributed by atoms with E-state index in [2.05, 4.69) is 27.7 Å². The van der Waals surface area contributed by atoms with Crippen LogP contribution in [0.2, 0.25) is 0 Å². The van der Waals surface area contributed by atoms with Crippen LogP contribution in [0.5, 0.6) is 0 Å². The molecule has 0 bridgehead atoms. The zero-order valence-corrected chi connectivity index (χ0v) is 38.1. The molecule has 0 aromatic rings. The number of carbonyl (C=O) groups excluding carboxylic acids is 3. The fourth-order valence-electron chi connectivity index (χ4n) is 7.48. The van der Waals surface area contributed by atoms with Crippen molar-refractivity contribution in [2.75, 3.05) is 13.2 Å². The average Bonchev–Trinajstić information content (AvgIpc) is 3.19. The molecule has 0 aliphatic carbocycles. The first-order valence-electron chi connectivity index (χ1n) is 24.9. The minimum Gasteiger partial charge on any atom is -0.462 e. The van der Waals surface area contributed by atoms with Crippen LogP contribution in [0.4, 0.5) is 0 Å². The first-order chi connectivity index (χ1) is 27.4. The Morgan fingerprint density at radius 3 is 0.929 bits per heavy atom. The average molecular weight is 793 g/mol. The number of unbranched alkanes of at least 4 members (excludes halogenated alkanes) is 31. The third-order valence-corrected chi connectivity index (χ3v) is 11.7. The normalized spacial score (nSPS) is 12.4.